The third kappa shape index (κ3) is 2.58. The fourth-order valence-electron chi connectivity index (χ4n) is 1.57. The maximum Gasteiger partial charge on any atom is 0.267 e. The van der Waals surface area contributed by atoms with E-state index in [-0.39, 0.29) is 5.56 Å². The van der Waals surface area contributed by atoms with Crippen LogP contribution in [0.25, 0.3) is 0 Å². The number of hydrogen-bond donors (Lipinski definition) is 0. The number of nitriles is 1. The van der Waals surface area contributed by atoms with E-state index in [0.717, 1.165) is 11.3 Å². The SMILES string of the molecule is Cc1ccc(=O)n(Cc2ccc(C#N)cc2Cl)n1. The number of benzene rings is 1. The van der Waals surface area contributed by atoms with E-state index in [2.05, 4.69) is 5.10 Å². The highest BCUT2D eigenvalue weighted by atomic mass is 35.5. The Morgan fingerprint density at radius 1 is 1.39 bits per heavy atom. The fourth-order valence-corrected chi connectivity index (χ4v) is 1.81. The second-order valence-corrected chi connectivity index (χ2v) is 4.30. The normalized spacial score (nSPS) is 10.1. The molecular formula is C13H10ClN3O. The molecule has 1 aromatic carbocycles. The van der Waals surface area contributed by atoms with Crippen molar-refractivity contribution >= 4 is 11.6 Å². The molecule has 0 unspecified atom stereocenters. The van der Waals surface area contributed by atoms with Crippen LogP contribution in [0.15, 0.2) is 35.1 Å². The smallest absolute Gasteiger partial charge is 0.267 e. The average molecular weight is 260 g/mol. The minimum atomic E-state index is -0.180. The molecule has 0 radical (unpaired) electrons. The highest BCUT2D eigenvalue weighted by molar-refractivity contribution is 6.31. The summed E-state index contributed by atoms with van der Waals surface area (Å²) in [7, 11) is 0. The van der Waals surface area contributed by atoms with Gasteiger partial charge in [0.05, 0.1) is 23.9 Å². The van der Waals surface area contributed by atoms with Gasteiger partial charge in [-0.25, -0.2) is 4.68 Å². The summed E-state index contributed by atoms with van der Waals surface area (Å²) < 4.78 is 1.35. The molecule has 0 N–H and O–H groups in total. The number of nitrogens with zero attached hydrogens (tertiary/aromatic N) is 3. The molecule has 1 aromatic heterocycles. The lowest BCUT2D eigenvalue weighted by atomic mass is 10.1. The molecule has 18 heavy (non-hydrogen) atoms. The summed E-state index contributed by atoms with van der Waals surface area (Å²) >= 11 is 6.06. The molecule has 0 atom stereocenters. The zero-order chi connectivity index (χ0) is 13.1. The molecule has 0 amide bonds. The van der Waals surface area contributed by atoms with Crippen LogP contribution in [0.2, 0.25) is 5.02 Å². The lowest BCUT2D eigenvalue weighted by molar-refractivity contribution is 0.628. The maximum atomic E-state index is 11.6. The highest BCUT2D eigenvalue weighted by Crippen LogP contribution is 2.18. The summed E-state index contributed by atoms with van der Waals surface area (Å²) in [6, 6.07) is 10.1. The van der Waals surface area contributed by atoms with Crippen molar-refractivity contribution in [3.63, 3.8) is 0 Å². The van der Waals surface area contributed by atoms with E-state index in [0.29, 0.717) is 17.1 Å². The summed E-state index contributed by atoms with van der Waals surface area (Å²) in [4.78, 5) is 11.6. The third-order valence-electron chi connectivity index (χ3n) is 2.50. The van der Waals surface area contributed by atoms with Gasteiger partial charge in [0.2, 0.25) is 0 Å². The van der Waals surface area contributed by atoms with Crippen LogP contribution in [0, 0.1) is 18.3 Å². The Bertz CT molecular complexity index is 685. The molecular weight excluding hydrogens is 250 g/mol. The van der Waals surface area contributed by atoms with Crippen LogP contribution in [0.3, 0.4) is 0 Å². The molecule has 2 aromatic rings. The maximum absolute atomic E-state index is 11.6. The molecule has 0 spiro atoms. The molecule has 0 saturated heterocycles. The van der Waals surface area contributed by atoms with Crippen molar-refractivity contribution in [3.05, 3.63) is 62.5 Å². The molecule has 0 bridgehead atoms. The minimum absolute atomic E-state index is 0.180. The first-order chi connectivity index (χ1) is 8.60. The number of aryl methyl sites for hydroxylation is 1. The van der Waals surface area contributed by atoms with Crippen molar-refractivity contribution in [2.45, 2.75) is 13.5 Å². The monoisotopic (exact) mass is 259 g/mol. The third-order valence-corrected chi connectivity index (χ3v) is 2.85. The van der Waals surface area contributed by atoms with E-state index >= 15 is 0 Å². The van der Waals surface area contributed by atoms with Crippen LogP contribution in [0.4, 0.5) is 0 Å². The van der Waals surface area contributed by atoms with Gasteiger partial charge < -0.3 is 0 Å². The zero-order valence-electron chi connectivity index (χ0n) is 9.72. The van der Waals surface area contributed by atoms with Gasteiger partial charge in [-0.15, -0.1) is 0 Å². The standard InChI is InChI=1S/C13H10ClN3O/c1-9-2-5-13(18)17(16-9)8-11-4-3-10(7-15)6-12(11)14/h2-6H,8H2,1H3. The Morgan fingerprint density at radius 2 is 2.17 bits per heavy atom. The van der Waals surface area contributed by atoms with Crippen LogP contribution >= 0.6 is 11.6 Å². The summed E-state index contributed by atoms with van der Waals surface area (Å²) in [5.41, 5.74) is 1.84. The lowest BCUT2D eigenvalue weighted by Crippen LogP contribution is -2.23. The first-order valence-electron chi connectivity index (χ1n) is 5.33. The lowest BCUT2D eigenvalue weighted by Gasteiger charge is -2.07. The molecule has 0 aliphatic carbocycles. The number of hydrogen-bond acceptors (Lipinski definition) is 3. The average Bonchev–Trinajstić information content (AvgIpc) is 2.36. The van der Waals surface area contributed by atoms with Gasteiger partial charge in [0.25, 0.3) is 5.56 Å². The van der Waals surface area contributed by atoms with Crippen LogP contribution in [-0.4, -0.2) is 9.78 Å². The number of halogens is 1. The van der Waals surface area contributed by atoms with Crippen LogP contribution in [-0.2, 0) is 6.54 Å². The first-order valence-corrected chi connectivity index (χ1v) is 5.71. The van der Waals surface area contributed by atoms with Gasteiger partial charge in [0.15, 0.2) is 0 Å². The van der Waals surface area contributed by atoms with E-state index in [4.69, 9.17) is 16.9 Å². The molecule has 0 fully saturated rings. The van der Waals surface area contributed by atoms with Crippen molar-refractivity contribution in [2.75, 3.05) is 0 Å². The molecule has 2 rings (SSSR count). The number of aromatic nitrogens is 2. The van der Waals surface area contributed by atoms with Crippen molar-refractivity contribution in [1.82, 2.24) is 9.78 Å². The van der Waals surface area contributed by atoms with Gasteiger partial charge >= 0.3 is 0 Å². The largest absolute Gasteiger partial charge is 0.268 e. The molecule has 90 valence electrons. The van der Waals surface area contributed by atoms with Gasteiger partial charge in [0.1, 0.15) is 0 Å². The van der Waals surface area contributed by atoms with Crippen LogP contribution < -0.4 is 5.56 Å². The Balaban J connectivity index is 2.38. The predicted molar refractivity (Wildman–Crippen MR) is 68.5 cm³/mol. The summed E-state index contributed by atoms with van der Waals surface area (Å²) in [5, 5.41) is 13.3. The second-order valence-electron chi connectivity index (χ2n) is 3.89. The second kappa shape index (κ2) is 5.03. The molecule has 0 saturated carbocycles. The van der Waals surface area contributed by atoms with Crippen molar-refractivity contribution in [2.24, 2.45) is 0 Å². The van der Waals surface area contributed by atoms with E-state index in [1.165, 1.54) is 10.7 Å². The highest BCUT2D eigenvalue weighted by Gasteiger charge is 2.05. The Labute approximate surface area is 109 Å². The molecule has 0 aliphatic rings. The van der Waals surface area contributed by atoms with E-state index in [1.807, 2.05) is 13.0 Å². The van der Waals surface area contributed by atoms with Gasteiger partial charge in [0, 0.05) is 11.1 Å². The Morgan fingerprint density at radius 3 is 2.83 bits per heavy atom. The van der Waals surface area contributed by atoms with Crippen molar-refractivity contribution in [3.8, 4) is 6.07 Å². The van der Waals surface area contributed by atoms with Crippen molar-refractivity contribution < 1.29 is 0 Å². The van der Waals surface area contributed by atoms with Crippen LogP contribution in [0.1, 0.15) is 16.8 Å². The van der Waals surface area contributed by atoms with Crippen molar-refractivity contribution in [1.29, 1.82) is 5.26 Å². The van der Waals surface area contributed by atoms with Gasteiger partial charge in [-0.2, -0.15) is 10.4 Å². The van der Waals surface area contributed by atoms with Gasteiger partial charge in [-0.05, 0) is 30.7 Å². The molecule has 1 heterocycles. The molecule has 5 heteroatoms. The Kier molecular flexibility index (Phi) is 3.45. The first kappa shape index (κ1) is 12.3. The summed E-state index contributed by atoms with van der Waals surface area (Å²) in [6.45, 7) is 2.11. The topological polar surface area (TPSA) is 58.7 Å². The van der Waals surface area contributed by atoms with Gasteiger partial charge in [-0.3, -0.25) is 4.79 Å². The summed E-state index contributed by atoms with van der Waals surface area (Å²) in [6.07, 6.45) is 0. The molecule has 4 nitrogen and oxygen atoms in total. The van der Waals surface area contributed by atoms with E-state index < -0.39 is 0 Å². The van der Waals surface area contributed by atoms with E-state index in [1.54, 1.807) is 24.3 Å². The fraction of sp³-hybridized carbons (Fsp3) is 0.154. The Hall–Kier alpha value is -2.12. The molecule has 0 aliphatic heterocycles. The number of rotatable bonds is 2. The van der Waals surface area contributed by atoms with Gasteiger partial charge in [-0.1, -0.05) is 17.7 Å². The van der Waals surface area contributed by atoms with E-state index in [9.17, 15) is 4.79 Å². The summed E-state index contributed by atoms with van der Waals surface area (Å²) in [5.74, 6) is 0. The minimum Gasteiger partial charge on any atom is -0.268 e. The van der Waals surface area contributed by atoms with Crippen LogP contribution in [0.5, 0.6) is 0 Å². The quantitative estimate of drug-likeness (QED) is 0.830. The zero-order valence-corrected chi connectivity index (χ0v) is 10.5. The predicted octanol–water partition coefficient (Wildman–Crippen LogP) is 2.13.